The topological polar surface area (TPSA) is 65.7 Å². The number of carbonyl (C=O) groups excluding carboxylic acids is 1. The first-order chi connectivity index (χ1) is 15.6. The minimum absolute atomic E-state index is 0.0756. The van der Waals surface area contributed by atoms with E-state index in [4.69, 9.17) is 13.9 Å². The van der Waals surface area contributed by atoms with E-state index < -0.39 is 5.97 Å². The number of hydrogen-bond acceptors (Lipinski definition) is 5. The minimum Gasteiger partial charge on any atom is -0.460 e. The number of halogens is 1. The fourth-order valence-corrected chi connectivity index (χ4v) is 3.76. The van der Waals surface area contributed by atoms with Gasteiger partial charge in [0.1, 0.15) is 23.3 Å². The standard InChI is InChI=1S/C26H15BrO5/c27-19-7-3-6-18(12-19)26(29)32-21-10-11-22-23(14-21)30-15-24(25(22)28)31-20-9-8-16-4-1-2-5-17(16)13-20/h1-15H. The Labute approximate surface area is 190 Å². The number of esters is 1. The zero-order chi connectivity index (χ0) is 22.1. The monoisotopic (exact) mass is 486 g/mol. The van der Waals surface area contributed by atoms with Crippen LogP contribution in [0.3, 0.4) is 0 Å². The first-order valence-electron chi connectivity index (χ1n) is 9.77. The Hall–Kier alpha value is -3.90. The van der Waals surface area contributed by atoms with Crippen LogP contribution in [0.25, 0.3) is 21.7 Å². The van der Waals surface area contributed by atoms with Crippen molar-refractivity contribution in [3.05, 3.63) is 111 Å². The molecule has 1 aromatic heterocycles. The highest BCUT2D eigenvalue weighted by Crippen LogP contribution is 2.27. The summed E-state index contributed by atoms with van der Waals surface area (Å²) in [4.78, 5) is 25.3. The lowest BCUT2D eigenvalue weighted by atomic mass is 10.1. The predicted molar refractivity (Wildman–Crippen MR) is 126 cm³/mol. The highest BCUT2D eigenvalue weighted by Gasteiger charge is 2.13. The molecule has 0 aliphatic carbocycles. The van der Waals surface area contributed by atoms with E-state index in [1.165, 1.54) is 12.3 Å². The van der Waals surface area contributed by atoms with Gasteiger partial charge >= 0.3 is 5.97 Å². The Kier molecular flexibility index (Phi) is 5.21. The lowest BCUT2D eigenvalue weighted by Gasteiger charge is -2.08. The molecule has 0 saturated heterocycles. The van der Waals surface area contributed by atoms with Crippen LogP contribution in [0.4, 0.5) is 0 Å². The van der Waals surface area contributed by atoms with Gasteiger partial charge in [-0.1, -0.05) is 52.3 Å². The van der Waals surface area contributed by atoms with Crippen LogP contribution in [-0.2, 0) is 0 Å². The van der Waals surface area contributed by atoms with E-state index in [2.05, 4.69) is 15.9 Å². The number of ether oxygens (including phenoxy) is 2. The smallest absolute Gasteiger partial charge is 0.343 e. The number of carbonyl (C=O) groups is 1. The van der Waals surface area contributed by atoms with E-state index in [0.717, 1.165) is 15.2 Å². The second-order valence-corrected chi connectivity index (χ2v) is 8.01. The summed E-state index contributed by atoms with van der Waals surface area (Å²) in [5, 5.41) is 2.41. The van der Waals surface area contributed by atoms with Gasteiger partial charge in [0.05, 0.1) is 10.9 Å². The highest BCUT2D eigenvalue weighted by molar-refractivity contribution is 9.10. The molecular weight excluding hydrogens is 472 g/mol. The molecule has 0 fully saturated rings. The SMILES string of the molecule is O=C(Oc1ccc2c(=O)c(Oc3ccc4ccccc4c3)coc2c1)c1cccc(Br)c1. The highest BCUT2D eigenvalue weighted by atomic mass is 79.9. The van der Waals surface area contributed by atoms with Gasteiger partial charge in [-0.15, -0.1) is 0 Å². The molecule has 0 radical (unpaired) electrons. The zero-order valence-electron chi connectivity index (χ0n) is 16.6. The maximum absolute atomic E-state index is 12.9. The second-order valence-electron chi connectivity index (χ2n) is 7.10. The van der Waals surface area contributed by atoms with E-state index in [1.54, 1.807) is 36.4 Å². The van der Waals surface area contributed by atoms with Crippen molar-refractivity contribution in [1.29, 1.82) is 0 Å². The molecule has 5 nitrogen and oxygen atoms in total. The van der Waals surface area contributed by atoms with Crippen molar-refractivity contribution in [2.45, 2.75) is 0 Å². The number of rotatable bonds is 4. The van der Waals surface area contributed by atoms with Crippen molar-refractivity contribution in [1.82, 2.24) is 0 Å². The average Bonchev–Trinajstić information content (AvgIpc) is 2.81. The van der Waals surface area contributed by atoms with Gasteiger partial charge in [0.25, 0.3) is 0 Å². The summed E-state index contributed by atoms with van der Waals surface area (Å²) in [7, 11) is 0. The second kappa shape index (κ2) is 8.32. The summed E-state index contributed by atoms with van der Waals surface area (Å²) in [6.45, 7) is 0. The molecule has 5 aromatic rings. The lowest BCUT2D eigenvalue weighted by molar-refractivity contribution is 0.0735. The minimum atomic E-state index is -0.510. The van der Waals surface area contributed by atoms with Crippen LogP contribution < -0.4 is 14.9 Å². The van der Waals surface area contributed by atoms with Crippen molar-refractivity contribution in [2.75, 3.05) is 0 Å². The Morgan fingerprint density at radius 1 is 0.812 bits per heavy atom. The van der Waals surface area contributed by atoms with Gasteiger partial charge in [-0.05, 0) is 53.2 Å². The van der Waals surface area contributed by atoms with E-state index in [9.17, 15) is 9.59 Å². The predicted octanol–water partition coefficient (Wildman–Crippen LogP) is 6.72. The summed E-state index contributed by atoms with van der Waals surface area (Å²) in [6, 6.07) is 25.0. The fourth-order valence-electron chi connectivity index (χ4n) is 3.36. The van der Waals surface area contributed by atoms with Gasteiger partial charge in [-0.25, -0.2) is 4.79 Å². The van der Waals surface area contributed by atoms with Crippen molar-refractivity contribution in [3.8, 4) is 17.2 Å². The van der Waals surface area contributed by atoms with Crippen LogP contribution in [0.2, 0.25) is 0 Å². The maximum Gasteiger partial charge on any atom is 0.343 e. The van der Waals surface area contributed by atoms with Crippen LogP contribution in [0, 0.1) is 0 Å². The third-order valence-electron chi connectivity index (χ3n) is 4.93. The molecule has 4 aromatic carbocycles. The lowest BCUT2D eigenvalue weighted by Crippen LogP contribution is -2.09. The van der Waals surface area contributed by atoms with Gasteiger partial charge in [-0.2, -0.15) is 0 Å². The van der Waals surface area contributed by atoms with E-state index in [1.807, 2.05) is 42.5 Å². The molecule has 0 unspecified atom stereocenters. The molecule has 0 spiro atoms. The summed E-state index contributed by atoms with van der Waals surface area (Å²) in [5.74, 6) is 0.375. The summed E-state index contributed by atoms with van der Waals surface area (Å²) >= 11 is 3.33. The molecule has 0 aliphatic rings. The molecule has 0 bridgehead atoms. The molecular formula is C26H15BrO5. The Balaban J connectivity index is 1.41. The molecule has 5 rings (SSSR count). The normalized spacial score (nSPS) is 10.9. The van der Waals surface area contributed by atoms with Gasteiger partial charge in [0.2, 0.25) is 11.2 Å². The van der Waals surface area contributed by atoms with Crippen LogP contribution in [0.15, 0.2) is 105 Å². The number of fused-ring (bicyclic) bond motifs is 2. The van der Waals surface area contributed by atoms with Crippen LogP contribution >= 0.6 is 15.9 Å². The van der Waals surface area contributed by atoms with E-state index >= 15 is 0 Å². The maximum atomic E-state index is 12.9. The van der Waals surface area contributed by atoms with Crippen LogP contribution in [0.1, 0.15) is 10.4 Å². The molecule has 0 amide bonds. The number of hydrogen-bond donors (Lipinski definition) is 0. The van der Waals surface area contributed by atoms with Gasteiger partial charge in [-0.3, -0.25) is 4.79 Å². The molecule has 0 N–H and O–H groups in total. The van der Waals surface area contributed by atoms with Crippen molar-refractivity contribution in [2.24, 2.45) is 0 Å². The number of benzene rings is 4. The van der Waals surface area contributed by atoms with Crippen molar-refractivity contribution >= 4 is 43.6 Å². The summed E-state index contributed by atoms with van der Waals surface area (Å²) in [6.07, 6.45) is 1.26. The molecule has 0 aliphatic heterocycles. The fraction of sp³-hybridized carbons (Fsp3) is 0. The molecule has 156 valence electrons. The first kappa shape index (κ1) is 20.0. The van der Waals surface area contributed by atoms with Crippen LogP contribution in [0.5, 0.6) is 17.2 Å². The quantitative estimate of drug-likeness (QED) is 0.208. The molecule has 6 heteroatoms. The first-order valence-corrected chi connectivity index (χ1v) is 10.6. The molecule has 0 saturated carbocycles. The molecule has 32 heavy (non-hydrogen) atoms. The summed E-state index contributed by atoms with van der Waals surface area (Å²) < 4.78 is 17.6. The Morgan fingerprint density at radius 2 is 1.62 bits per heavy atom. The largest absolute Gasteiger partial charge is 0.460 e. The van der Waals surface area contributed by atoms with Crippen molar-refractivity contribution in [3.63, 3.8) is 0 Å². The van der Waals surface area contributed by atoms with Crippen molar-refractivity contribution < 1.29 is 18.7 Å². The Morgan fingerprint density at radius 3 is 2.47 bits per heavy atom. The van der Waals surface area contributed by atoms with Gasteiger partial charge in [0, 0.05) is 10.5 Å². The third-order valence-corrected chi connectivity index (χ3v) is 5.43. The van der Waals surface area contributed by atoms with E-state index in [0.29, 0.717) is 22.3 Å². The third kappa shape index (κ3) is 4.00. The van der Waals surface area contributed by atoms with Crippen LogP contribution in [-0.4, -0.2) is 5.97 Å². The zero-order valence-corrected chi connectivity index (χ0v) is 18.2. The Bertz CT molecular complexity index is 1540. The molecule has 1 heterocycles. The average molecular weight is 487 g/mol. The van der Waals surface area contributed by atoms with Gasteiger partial charge in [0.15, 0.2) is 0 Å². The van der Waals surface area contributed by atoms with Gasteiger partial charge < -0.3 is 13.9 Å². The summed E-state index contributed by atoms with van der Waals surface area (Å²) in [5.41, 5.74) is 0.379. The van der Waals surface area contributed by atoms with E-state index in [-0.39, 0.29) is 16.9 Å². The molecule has 0 atom stereocenters.